The Labute approximate surface area is 128 Å². The molecule has 0 saturated heterocycles. The number of fused-ring (bicyclic) bond motifs is 1. The maximum absolute atomic E-state index is 11.9. The van der Waals surface area contributed by atoms with Gasteiger partial charge in [0.2, 0.25) is 11.3 Å². The van der Waals surface area contributed by atoms with Gasteiger partial charge in [-0.3, -0.25) is 14.3 Å². The second-order valence-electron chi connectivity index (χ2n) is 4.70. The van der Waals surface area contributed by atoms with Crippen molar-refractivity contribution in [2.75, 3.05) is 19.8 Å². The number of hydrogen-bond acceptors (Lipinski definition) is 4. The number of rotatable bonds is 6. The molecule has 0 aliphatic rings. The monoisotopic (exact) mass is 329 g/mol. The molecular weight excluding hydrogens is 315 g/mol. The molecule has 0 spiro atoms. The van der Waals surface area contributed by atoms with E-state index in [1.807, 2.05) is 0 Å². The Balaban J connectivity index is 1.89. The van der Waals surface area contributed by atoms with Crippen LogP contribution in [0.2, 0.25) is 0 Å². The summed E-state index contributed by atoms with van der Waals surface area (Å²) in [5, 5.41) is 6.75. The molecule has 0 atom stereocenters. The molecule has 1 aromatic carbocycles. The fourth-order valence-corrected chi connectivity index (χ4v) is 1.93. The highest BCUT2D eigenvalue weighted by Gasteiger charge is 2.27. The van der Waals surface area contributed by atoms with Crippen LogP contribution in [0.15, 0.2) is 35.3 Å². The normalized spacial score (nSPS) is 11.6. The topological polar surface area (TPSA) is 73.2 Å². The molecule has 9 heteroatoms. The zero-order valence-electron chi connectivity index (χ0n) is 12.0. The van der Waals surface area contributed by atoms with E-state index in [9.17, 15) is 22.8 Å². The van der Waals surface area contributed by atoms with Gasteiger partial charge >= 0.3 is 6.18 Å². The maximum atomic E-state index is 11.9. The van der Waals surface area contributed by atoms with Gasteiger partial charge in [-0.15, -0.1) is 0 Å². The first kappa shape index (κ1) is 16.9. The molecule has 0 aliphatic carbocycles. The number of amides is 1. The molecule has 1 amide bonds. The number of nitrogens with zero attached hydrogens (tertiary/aromatic N) is 2. The molecule has 124 valence electrons. The lowest BCUT2D eigenvalue weighted by atomic mass is 10.2. The number of halogens is 3. The highest BCUT2D eigenvalue weighted by atomic mass is 19.4. The van der Waals surface area contributed by atoms with Crippen molar-refractivity contribution in [2.45, 2.75) is 12.7 Å². The van der Waals surface area contributed by atoms with Crippen molar-refractivity contribution in [2.24, 2.45) is 0 Å². The van der Waals surface area contributed by atoms with Crippen molar-refractivity contribution < 1.29 is 22.7 Å². The summed E-state index contributed by atoms with van der Waals surface area (Å²) in [6, 6.07) is 6.69. The summed E-state index contributed by atoms with van der Waals surface area (Å²) < 4.78 is 41.3. The first-order chi connectivity index (χ1) is 10.9. The minimum Gasteiger partial charge on any atom is -0.370 e. The van der Waals surface area contributed by atoms with E-state index in [2.05, 4.69) is 15.2 Å². The average molecular weight is 329 g/mol. The van der Waals surface area contributed by atoms with Gasteiger partial charge in [0.05, 0.1) is 18.3 Å². The van der Waals surface area contributed by atoms with Crippen molar-refractivity contribution in [3.05, 3.63) is 40.7 Å². The molecule has 6 nitrogen and oxygen atoms in total. The van der Waals surface area contributed by atoms with Crippen molar-refractivity contribution in [1.82, 2.24) is 15.1 Å². The fraction of sp³-hybridized carbons (Fsp3) is 0.357. The van der Waals surface area contributed by atoms with Gasteiger partial charge in [0.1, 0.15) is 13.2 Å². The highest BCUT2D eigenvalue weighted by molar-refractivity contribution is 5.81. The SMILES string of the molecule is O=C(Cn1ncc(=O)c2ccccc21)NCCOCC(F)(F)F. The Morgan fingerprint density at radius 3 is 2.78 bits per heavy atom. The van der Waals surface area contributed by atoms with Crippen LogP contribution >= 0.6 is 0 Å². The molecule has 2 rings (SSSR count). The van der Waals surface area contributed by atoms with Gasteiger partial charge in [-0.05, 0) is 12.1 Å². The summed E-state index contributed by atoms with van der Waals surface area (Å²) in [5.74, 6) is -0.443. The Hall–Kier alpha value is -2.42. The largest absolute Gasteiger partial charge is 0.411 e. The van der Waals surface area contributed by atoms with Gasteiger partial charge in [0, 0.05) is 11.9 Å². The van der Waals surface area contributed by atoms with Crippen LogP contribution in [0.25, 0.3) is 10.9 Å². The van der Waals surface area contributed by atoms with E-state index in [0.717, 1.165) is 6.20 Å². The van der Waals surface area contributed by atoms with Gasteiger partial charge in [-0.1, -0.05) is 12.1 Å². The van der Waals surface area contributed by atoms with E-state index < -0.39 is 18.7 Å². The molecule has 1 N–H and O–H groups in total. The van der Waals surface area contributed by atoms with Gasteiger partial charge in [0.15, 0.2) is 0 Å². The third-order valence-electron chi connectivity index (χ3n) is 2.89. The van der Waals surface area contributed by atoms with Crippen LogP contribution in [-0.4, -0.2) is 41.6 Å². The number of para-hydroxylation sites is 1. The van der Waals surface area contributed by atoms with Crippen molar-refractivity contribution in [3.8, 4) is 0 Å². The molecule has 0 bridgehead atoms. The number of ether oxygens (including phenoxy) is 1. The lowest BCUT2D eigenvalue weighted by Gasteiger charge is -2.10. The maximum Gasteiger partial charge on any atom is 0.411 e. The Kier molecular flexibility index (Phi) is 5.32. The summed E-state index contributed by atoms with van der Waals surface area (Å²) in [4.78, 5) is 23.4. The van der Waals surface area contributed by atoms with E-state index in [4.69, 9.17) is 0 Å². The van der Waals surface area contributed by atoms with E-state index >= 15 is 0 Å². The summed E-state index contributed by atoms with van der Waals surface area (Å²) in [7, 11) is 0. The van der Waals surface area contributed by atoms with Gasteiger partial charge in [-0.25, -0.2) is 0 Å². The lowest BCUT2D eigenvalue weighted by molar-refractivity contribution is -0.173. The molecule has 1 aromatic heterocycles. The zero-order valence-corrected chi connectivity index (χ0v) is 12.0. The third kappa shape index (κ3) is 5.06. The number of alkyl halides is 3. The molecular formula is C14H14F3N3O3. The molecule has 2 aromatic rings. The Morgan fingerprint density at radius 2 is 2.04 bits per heavy atom. The molecule has 0 saturated carbocycles. The van der Waals surface area contributed by atoms with Crippen molar-refractivity contribution >= 4 is 16.8 Å². The summed E-state index contributed by atoms with van der Waals surface area (Å²) in [5.41, 5.74) is 0.251. The van der Waals surface area contributed by atoms with Crippen LogP contribution in [0.1, 0.15) is 0 Å². The minimum absolute atomic E-state index is 0.0486. The molecule has 0 fully saturated rings. The van der Waals surface area contributed by atoms with E-state index in [1.54, 1.807) is 24.3 Å². The van der Waals surface area contributed by atoms with Crippen molar-refractivity contribution in [1.29, 1.82) is 0 Å². The average Bonchev–Trinajstić information content (AvgIpc) is 2.49. The van der Waals surface area contributed by atoms with E-state index in [-0.39, 0.29) is 25.1 Å². The zero-order chi connectivity index (χ0) is 16.9. The predicted molar refractivity (Wildman–Crippen MR) is 75.9 cm³/mol. The number of nitrogens with one attached hydrogen (secondary N) is 1. The first-order valence-electron chi connectivity index (χ1n) is 6.73. The van der Waals surface area contributed by atoms with Crippen LogP contribution in [0.5, 0.6) is 0 Å². The second kappa shape index (κ2) is 7.23. The van der Waals surface area contributed by atoms with Crippen LogP contribution in [-0.2, 0) is 16.1 Å². The summed E-state index contributed by atoms with van der Waals surface area (Å²) >= 11 is 0. The van der Waals surface area contributed by atoms with Crippen LogP contribution in [0.3, 0.4) is 0 Å². The second-order valence-corrected chi connectivity index (χ2v) is 4.70. The number of carbonyl (C=O) groups is 1. The van der Waals surface area contributed by atoms with E-state index in [1.165, 1.54) is 4.68 Å². The lowest BCUT2D eigenvalue weighted by Crippen LogP contribution is -2.32. The van der Waals surface area contributed by atoms with Gasteiger partial charge < -0.3 is 10.1 Å². The molecule has 23 heavy (non-hydrogen) atoms. The minimum atomic E-state index is -4.39. The number of hydrogen-bond donors (Lipinski definition) is 1. The third-order valence-corrected chi connectivity index (χ3v) is 2.89. The Bertz CT molecular complexity index is 743. The Morgan fingerprint density at radius 1 is 1.30 bits per heavy atom. The van der Waals surface area contributed by atoms with Crippen LogP contribution in [0.4, 0.5) is 13.2 Å². The molecule has 0 aliphatic heterocycles. The van der Waals surface area contributed by atoms with Crippen LogP contribution in [0, 0.1) is 0 Å². The van der Waals surface area contributed by atoms with Crippen LogP contribution < -0.4 is 10.7 Å². The fourth-order valence-electron chi connectivity index (χ4n) is 1.93. The summed E-state index contributed by atoms with van der Waals surface area (Å²) in [6.45, 7) is -1.80. The predicted octanol–water partition coefficient (Wildman–Crippen LogP) is 1.09. The first-order valence-corrected chi connectivity index (χ1v) is 6.73. The van der Waals surface area contributed by atoms with Gasteiger partial charge in [-0.2, -0.15) is 18.3 Å². The number of carbonyl (C=O) groups excluding carboxylic acids is 1. The number of aromatic nitrogens is 2. The number of benzene rings is 1. The van der Waals surface area contributed by atoms with Gasteiger partial charge in [0.25, 0.3) is 0 Å². The highest BCUT2D eigenvalue weighted by Crippen LogP contribution is 2.13. The molecule has 1 heterocycles. The smallest absolute Gasteiger partial charge is 0.370 e. The quantitative estimate of drug-likeness (QED) is 0.805. The molecule has 0 radical (unpaired) electrons. The van der Waals surface area contributed by atoms with Crippen molar-refractivity contribution in [3.63, 3.8) is 0 Å². The standard InChI is InChI=1S/C14H14F3N3O3/c15-14(16,17)9-23-6-5-18-13(22)8-20-11-4-2-1-3-10(11)12(21)7-19-20/h1-4,7H,5-6,8-9H2,(H,18,22). The van der Waals surface area contributed by atoms with E-state index in [0.29, 0.717) is 10.9 Å². The molecule has 0 unspecified atom stereocenters. The summed E-state index contributed by atoms with van der Waals surface area (Å²) in [6.07, 6.45) is -3.27.